The number of carbonyl (C=O) groups is 1. The molecule has 0 bridgehead atoms. The Morgan fingerprint density at radius 1 is 1.19 bits per heavy atom. The van der Waals surface area contributed by atoms with Crippen LogP contribution in [0.4, 0.5) is 0 Å². The van der Waals surface area contributed by atoms with Crippen molar-refractivity contribution >= 4 is 15.9 Å². The number of hydrogen-bond acceptors (Lipinski definition) is 4. The molecule has 2 aliphatic rings. The largest absolute Gasteiger partial charge is 0.340 e. The Morgan fingerprint density at radius 2 is 1.85 bits per heavy atom. The van der Waals surface area contributed by atoms with Gasteiger partial charge in [-0.05, 0) is 45.2 Å². The Morgan fingerprint density at radius 3 is 2.44 bits per heavy atom. The van der Waals surface area contributed by atoms with Gasteiger partial charge in [0.1, 0.15) is 0 Å². The molecule has 150 valence electrons. The summed E-state index contributed by atoms with van der Waals surface area (Å²) in [5.41, 5.74) is 0.381. The van der Waals surface area contributed by atoms with Crippen LogP contribution in [0.1, 0.15) is 38.2 Å². The van der Waals surface area contributed by atoms with Crippen molar-refractivity contribution in [3.05, 3.63) is 35.9 Å². The average molecular weight is 394 g/mol. The third-order valence-corrected chi connectivity index (χ3v) is 8.07. The number of piperidine rings is 2. The Labute approximate surface area is 163 Å². The number of nitrogens with one attached hydrogen (secondary N) is 1. The van der Waals surface area contributed by atoms with Gasteiger partial charge in [0.2, 0.25) is 15.9 Å². The molecule has 2 fully saturated rings. The van der Waals surface area contributed by atoms with E-state index in [0.717, 1.165) is 31.5 Å². The van der Waals surface area contributed by atoms with Gasteiger partial charge in [-0.2, -0.15) is 0 Å². The number of amides is 1. The van der Waals surface area contributed by atoms with Crippen molar-refractivity contribution in [3.8, 4) is 0 Å². The first-order chi connectivity index (χ1) is 12.9. The van der Waals surface area contributed by atoms with Crippen molar-refractivity contribution in [2.45, 2.75) is 44.1 Å². The maximum atomic E-state index is 13.7. The van der Waals surface area contributed by atoms with Crippen LogP contribution in [0.2, 0.25) is 0 Å². The topological polar surface area (TPSA) is 69.7 Å². The average Bonchev–Trinajstić information content (AvgIpc) is 2.74. The van der Waals surface area contributed by atoms with Gasteiger partial charge >= 0.3 is 0 Å². The maximum absolute atomic E-state index is 13.7. The van der Waals surface area contributed by atoms with E-state index in [9.17, 15) is 13.2 Å². The van der Waals surface area contributed by atoms with E-state index in [0.29, 0.717) is 32.0 Å². The number of sulfonamides is 1. The van der Waals surface area contributed by atoms with Gasteiger partial charge in [0.15, 0.2) is 0 Å². The summed E-state index contributed by atoms with van der Waals surface area (Å²) >= 11 is 0. The van der Waals surface area contributed by atoms with Gasteiger partial charge < -0.3 is 10.2 Å². The highest BCUT2D eigenvalue weighted by Gasteiger charge is 2.47. The Hall–Kier alpha value is -1.44. The van der Waals surface area contributed by atoms with E-state index in [4.69, 9.17) is 0 Å². The van der Waals surface area contributed by atoms with Gasteiger partial charge in [-0.3, -0.25) is 4.79 Å². The van der Waals surface area contributed by atoms with Crippen LogP contribution in [-0.2, 0) is 20.2 Å². The van der Waals surface area contributed by atoms with Gasteiger partial charge in [0.05, 0.1) is 11.2 Å². The number of likely N-dealkylation sites (N-methyl/N-ethyl adjacent to an activating group) is 1. The number of hydrogen-bond donors (Lipinski definition) is 1. The lowest BCUT2D eigenvalue weighted by molar-refractivity contribution is -0.140. The van der Waals surface area contributed by atoms with Crippen molar-refractivity contribution < 1.29 is 13.2 Å². The van der Waals surface area contributed by atoms with E-state index in [1.807, 2.05) is 42.3 Å². The fourth-order valence-corrected chi connectivity index (χ4v) is 5.52. The van der Waals surface area contributed by atoms with Crippen LogP contribution >= 0.6 is 0 Å². The minimum atomic E-state index is -3.22. The van der Waals surface area contributed by atoms with Crippen LogP contribution in [0.5, 0.6) is 0 Å². The van der Waals surface area contributed by atoms with E-state index in [-0.39, 0.29) is 11.7 Å². The zero-order valence-electron chi connectivity index (χ0n) is 16.4. The lowest BCUT2D eigenvalue weighted by Crippen LogP contribution is -2.57. The monoisotopic (exact) mass is 393 g/mol. The number of nitrogens with zero attached hydrogens (tertiary/aromatic N) is 2. The Balaban J connectivity index is 1.88. The summed E-state index contributed by atoms with van der Waals surface area (Å²) in [6.07, 6.45) is 3.16. The lowest BCUT2D eigenvalue weighted by Gasteiger charge is -2.45. The molecule has 2 saturated heterocycles. The van der Waals surface area contributed by atoms with E-state index < -0.39 is 15.4 Å². The van der Waals surface area contributed by atoms with Crippen LogP contribution in [0.3, 0.4) is 0 Å². The zero-order valence-corrected chi connectivity index (χ0v) is 17.2. The molecule has 0 aliphatic carbocycles. The zero-order chi connectivity index (χ0) is 19.5. The second-order valence-corrected chi connectivity index (χ2v) is 9.88. The van der Waals surface area contributed by atoms with Crippen LogP contribution in [0, 0.1) is 0 Å². The molecule has 0 saturated carbocycles. The minimum absolute atomic E-state index is 0.106. The van der Waals surface area contributed by atoms with Gasteiger partial charge in [0, 0.05) is 32.2 Å². The highest BCUT2D eigenvalue weighted by atomic mass is 32.2. The van der Waals surface area contributed by atoms with Crippen molar-refractivity contribution in [3.63, 3.8) is 0 Å². The first-order valence-electron chi connectivity index (χ1n) is 9.93. The first kappa shape index (κ1) is 20.3. The second kappa shape index (κ2) is 8.29. The van der Waals surface area contributed by atoms with E-state index in [2.05, 4.69) is 5.32 Å². The summed E-state index contributed by atoms with van der Waals surface area (Å²) in [5, 5.41) is 3.30. The molecule has 6 nitrogen and oxygen atoms in total. The molecule has 1 aromatic carbocycles. The van der Waals surface area contributed by atoms with E-state index >= 15 is 0 Å². The molecule has 2 heterocycles. The normalized spacial score (nSPS) is 23.9. The number of rotatable bonds is 5. The van der Waals surface area contributed by atoms with Gasteiger partial charge in [-0.15, -0.1) is 0 Å². The molecule has 7 heteroatoms. The third-order valence-electron chi connectivity index (χ3n) is 6.19. The van der Waals surface area contributed by atoms with Gasteiger partial charge in [-0.25, -0.2) is 12.7 Å². The molecular weight excluding hydrogens is 362 g/mol. The first-order valence-corrected chi connectivity index (χ1v) is 11.5. The van der Waals surface area contributed by atoms with Crippen LogP contribution in [0.25, 0.3) is 0 Å². The van der Waals surface area contributed by atoms with Crippen molar-refractivity contribution in [1.82, 2.24) is 14.5 Å². The molecule has 0 radical (unpaired) electrons. The molecular formula is C20H31N3O3S. The summed E-state index contributed by atoms with van der Waals surface area (Å²) in [4.78, 5) is 15.7. The Bertz CT molecular complexity index is 743. The van der Waals surface area contributed by atoms with Gasteiger partial charge in [-0.1, -0.05) is 30.3 Å². The fraction of sp³-hybridized carbons (Fsp3) is 0.650. The molecule has 27 heavy (non-hydrogen) atoms. The molecule has 2 aliphatic heterocycles. The second-order valence-electron chi connectivity index (χ2n) is 7.63. The Kier molecular flexibility index (Phi) is 6.23. The van der Waals surface area contributed by atoms with E-state index in [1.54, 1.807) is 11.2 Å². The maximum Gasteiger partial charge on any atom is 0.233 e. The fourth-order valence-electron chi connectivity index (χ4n) is 4.41. The number of benzene rings is 1. The highest BCUT2D eigenvalue weighted by molar-refractivity contribution is 7.89. The number of likely N-dealkylation sites (tertiary alicyclic amines) is 1. The highest BCUT2D eigenvalue weighted by Crippen LogP contribution is 2.38. The van der Waals surface area contributed by atoms with Crippen molar-refractivity contribution in [1.29, 1.82) is 0 Å². The van der Waals surface area contributed by atoms with Gasteiger partial charge in [0.25, 0.3) is 0 Å². The molecule has 1 N–H and O–H groups in total. The molecule has 1 aromatic rings. The van der Waals surface area contributed by atoms with Crippen molar-refractivity contribution in [2.24, 2.45) is 0 Å². The molecule has 1 amide bonds. The van der Waals surface area contributed by atoms with Crippen LogP contribution in [-0.4, -0.2) is 68.6 Å². The molecule has 0 aromatic heterocycles. The molecule has 3 rings (SSSR count). The molecule has 1 atom stereocenters. The summed E-state index contributed by atoms with van der Waals surface area (Å²) in [5.74, 6) is 0.261. The quantitative estimate of drug-likeness (QED) is 0.825. The smallest absolute Gasteiger partial charge is 0.233 e. The summed E-state index contributed by atoms with van der Waals surface area (Å²) in [6.45, 7) is 3.98. The predicted octanol–water partition coefficient (Wildman–Crippen LogP) is 1.58. The van der Waals surface area contributed by atoms with E-state index in [1.165, 1.54) is 0 Å². The number of carbonyl (C=O) groups excluding carboxylic acids is 1. The summed E-state index contributed by atoms with van der Waals surface area (Å²) in [7, 11) is -1.27. The SMILES string of the molecule is CCS(=O)(=O)N1CCC(C(=O)N2CCCC(NC)C2)(c2ccccc2)CC1. The lowest BCUT2D eigenvalue weighted by atomic mass is 9.71. The molecule has 0 spiro atoms. The minimum Gasteiger partial charge on any atom is -0.340 e. The predicted molar refractivity (Wildman–Crippen MR) is 107 cm³/mol. The third kappa shape index (κ3) is 4.05. The van der Waals surface area contributed by atoms with Crippen LogP contribution in [0.15, 0.2) is 30.3 Å². The standard InChI is InChI=1S/C20H31N3O3S/c1-3-27(25,26)23-14-11-20(12-15-23,17-8-5-4-6-9-17)19(24)22-13-7-10-18(16-22)21-2/h4-6,8-9,18,21H,3,7,10-16H2,1-2H3. The summed E-state index contributed by atoms with van der Waals surface area (Å²) < 4.78 is 26.1. The summed E-state index contributed by atoms with van der Waals surface area (Å²) in [6, 6.07) is 10.2. The molecule has 1 unspecified atom stereocenters. The van der Waals surface area contributed by atoms with Crippen molar-refractivity contribution in [2.75, 3.05) is 39.0 Å². The van der Waals surface area contributed by atoms with Crippen LogP contribution < -0.4 is 5.32 Å².